The van der Waals surface area contributed by atoms with Crippen molar-refractivity contribution in [2.24, 2.45) is 5.41 Å². The van der Waals surface area contributed by atoms with Gasteiger partial charge in [-0.25, -0.2) is 0 Å². The SMILES string of the molecule is CCCC(=C=CC(C)(C)C)CC. The normalized spacial score (nSPS) is 10.8. The van der Waals surface area contributed by atoms with Crippen LogP contribution in [0.25, 0.3) is 0 Å². The highest BCUT2D eigenvalue weighted by molar-refractivity contribution is 5.03. The van der Waals surface area contributed by atoms with Gasteiger partial charge in [-0.15, -0.1) is 5.73 Å². The average molecular weight is 166 g/mol. The molecule has 0 saturated heterocycles. The minimum Gasteiger partial charge on any atom is -0.126 e. The fourth-order valence-corrected chi connectivity index (χ4v) is 0.971. The fourth-order valence-electron chi connectivity index (χ4n) is 0.971. The van der Waals surface area contributed by atoms with Crippen molar-refractivity contribution < 1.29 is 0 Å². The van der Waals surface area contributed by atoms with E-state index >= 15 is 0 Å². The topological polar surface area (TPSA) is 0 Å². The van der Waals surface area contributed by atoms with Crippen LogP contribution >= 0.6 is 0 Å². The molecule has 0 heterocycles. The Morgan fingerprint density at radius 3 is 2.17 bits per heavy atom. The van der Waals surface area contributed by atoms with Crippen LogP contribution in [0.3, 0.4) is 0 Å². The maximum absolute atomic E-state index is 3.40. The molecule has 0 saturated carbocycles. The van der Waals surface area contributed by atoms with Crippen LogP contribution in [0.5, 0.6) is 0 Å². The first-order chi connectivity index (χ1) is 5.49. The molecule has 0 aromatic heterocycles. The summed E-state index contributed by atoms with van der Waals surface area (Å²) in [7, 11) is 0. The Morgan fingerprint density at radius 1 is 1.25 bits per heavy atom. The molecular weight excluding hydrogens is 144 g/mol. The lowest BCUT2D eigenvalue weighted by Crippen LogP contribution is -1.97. The van der Waals surface area contributed by atoms with Crippen molar-refractivity contribution in [1.82, 2.24) is 0 Å². The second-order valence-electron chi connectivity index (χ2n) is 4.36. The Morgan fingerprint density at radius 2 is 1.83 bits per heavy atom. The summed E-state index contributed by atoms with van der Waals surface area (Å²) in [5.74, 6) is 0. The second kappa shape index (κ2) is 5.22. The zero-order chi connectivity index (χ0) is 9.61. The van der Waals surface area contributed by atoms with E-state index in [2.05, 4.69) is 46.4 Å². The molecule has 0 heteroatoms. The minimum absolute atomic E-state index is 0.272. The molecule has 0 rings (SSSR count). The third kappa shape index (κ3) is 6.24. The molecule has 0 spiro atoms. The van der Waals surface area contributed by atoms with Crippen molar-refractivity contribution in [2.45, 2.75) is 53.9 Å². The molecule has 0 aliphatic heterocycles. The van der Waals surface area contributed by atoms with Gasteiger partial charge in [-0.1, -0.05) is 41.0 Å². The zero-order valence-electron chi connectivity index (χ0n) is 9.20. The van der Waals surface area contributed by atoms with Crippen molar-refractivity contribution >= 4 is 0 Å². The Balaban J connectivity index is 4.36. The summed E-state index contributed by atoms with van der Waals surface area (Å²) in [5, 5.41) is 0. The average Bonchev–Trinajstić information content (AvgIpc) is 1.96. The highest BCUT2D eigenvalue weighted by Gasteiger charge is 2.02. The van der Waals surface area contributed by atoms with Gasteiger partial charge in [-0.05, 0) is 29.9 Å². The monoisotopic (exact) mass is 166 g/mol. The third-order valence-electron chi connectivity index (χ3n) is 1.69. The molecule has 70 valence electrons. The van der Waals surface area contributed by atoms with E-state index in [1.807, 2.05) is 0 Å². The van der Waals surface area contributed by atoms with Crippen LogP contribution in [0.4, 0.5) is 0 Å². The van der Waals surface area contributed by atoms with Gasteiger partial charge in [0, 0.05) is 0 Å². The first-order valence-electron chi connectivity index (χ1n) is 4.95. The molecule has 0 radical (unpaired) electrons. The summed E-state index contributed by atoms with van der Waals surface area (Å²) in [6.07, 6.45) is 5.75. The lowest BCUT2D eigenvalue weighted by molar-refractivity contribution is 0.544. The van der Waals surface area contributed by atoms with E-state index in [1.165, 1.54) is 18.4 Å². The predicted octanol–water partition coefficient (Wildman–Crippen LogP) is 4.32. The summed E-state index contributed by atoms with van der Waals surface area (Å²) in [6.45, 7) is 11.0. The molecule has 0 nitrogen and oxygen atoms in total. The van der Waals surface area contributed by atoms with Crippen LogP contribution in [-0.4, -0.2) is 0 Å². The first-order valence-corrected chi connectivity index (χ1v) is 4.95. The zero-order valence-corrected chi connectivity index (χ0v) is 9.20. The Bertz CT molecular complexity index is 173. The van der Waals surface area contributed by atoms with Gasteiger partial charge in [0.05, 0.1) is 0 Å². The fraction of sp³-hybridized carbons (Fsp3) is 0.750. The maximum Gasteiger partial charge on any atom is -0.0127 e. The molecule has 0 unspecified atom stereocenters. The maximum atomic E-state index is 3.40. The largest absolute Gasteiger partial charge is 0.126 e. The van der Waals surface area contributed by atoms with Crippen molar-refractivity contribution in [3.63, 3.8) is 0 Å². The lowest BCUT2D eigenvalue weighted by atomic mass is 9.96. The van der Waals surface area contributed by atoms with Gasteiger partial charge < -0.3 is 0 Å². The van der Waals surface area contributed by atoms with Crippen LogP contribution in [0.1, 0.15) is 53.9 Å². The molecule has 0 aliphatic carbocycles. The molecule has 0 amide bonds. The number of allylic oxidation sites excluding steroid dienone is 1. The van der Waals surface area contributed by atoms with E-state index < -0.39 is 0 Å². The number of hydrogen-bond donors (Lipinski definition) is 0. The van der Waals surface area contributed by atoms with Crippen molar-refractivity contribution in [3.8, 4) is 0 Å². The van der Waals surface area contributed by atoms with E-state index in [4.69, 9.17) is 0 Å². The Kier molecular flexibility index (Phi) is 5.01. The highest BCUT2D eigenvalue weighted by Crippen LogP contribution is 2.15. The van der Waals surface area contributed by atoms with Crippen LogP contribution in [-0.2, 0) is 0 Å². The molecule has 0 aliphatic rings. The molecule has 0 N–H and O–H groups in total. The van der Waals surface area contributed by atoms with E-state index in [0.29, 0.717) is 0 Å². The second-order valence-corrected chi connectivity index (χ2v) is 4.36. The summed E-state index contributed by atoms with van der Waals surface area (Å²) in [6, 6.07) is 0. The van der Waals surface area contributed by atoms with Crippen LogP contribution in [0, 0.1) is 5.41 Å². The van der Waals surface area contributed by atoms with Crippen molar-refractivity contribution in [3.05, 3.63) is 17.4 Å². The molecule has 0 bridgehead atoms. The van der Waals surface area contributed by atoms with Crippen LogP contribution in [0.2, 0.25) is 0 Å². The molecule has 0 aromatic carbocycles. The summed E-state index contributed by atoms with van der Waals surface area (Å²) >= 11 is 0. The van der Waals surface area contributed by atoms with Gasteiger partial charge in [-0.2, -0.15) is 0 Å². The number of hydrogen-bond acceptors (Lipinski definition) is 0. The van der Waals surface area contributed by atoms with Gasteiger partial charge in [0.25, 0.3) is 0 Å². The summed E-state index contributed by atoms with van der Waals surface area (Å²) in [4.78, 5) is 0. The quantitative estimate of drug-likeness (QED) is 0.548. The van der Waals surface area contributed by atoms with Gasteiger partial charge in [0.15, 0.2) is 0 Å². The number of rotatable bonds is 3. The smallest absolute Gasteiger partial charge is 0.0127 e. The van der Waals surface area contributed by atoms with E-state index in [1.54, 1.807) is 0 Å². The van der Waals surface area contributed by atoms with E-state index in [9.17, 15) is 0 Å². The minimum atomic E-state index is 0.272. The van der Waals surface area contributed by atoms with Gasteiger partial charge in [0.2, 0.25) is 0 Å². The van der Waals surface area contributed by atoms with Gasteiger partial charge in [-0.3, -0.25) is 0 Å². The van der Waals surface area contributed by atoms with Crippen LogP contribution in [0.15, 0.2) is 17.4 Å². The highest BCUT2D eigenvalue weighted by atomic mass is 14.1. The molecule has 0 aromatic rings. The molecule has 0 fully saturated rings. The Hall–Kier alpha value is -0.480. The van der Waals surface area contributed by atoms with Crippen molar-refractivity contribution in [2.75, 3.05) is 0 Å². The molecule has 12 heavy (non-hydrogen) atoms. The first kappa shape index (κ1) is 11.5. The van der Waals surface area contributed by atoms with E-state index in [-0.39, 0.29) is 5.41 Å². The lowest BCUT2D eigenvalue weighted by Gasteiger charge is -2.09. The third-order valence-corrected chi connectivity index (χ3v) is 1.69. The predicted molar refractivity (Wildman–Crippen MR) is 56.3 cm³/mol. The van der Waals surface area contributed by atoms with Gasteiger partial charge in [0.1, 0.15) is 0 Å². The molecule has 0 atom stereocenters. The van der Waals surface area contributed by atoms with Crippen LogP contribution < -0.4 is 0 Å². The summed E-state index contributed by atoms with van der Waals surface area (Å²) in [5.41, 5.74) is 5.13. The standard InChI is InChI=1S/C12H22/c1-6-8-11(7-2)9-10-12(3,4)5/h10H,6-8H2,1-5H3. The molecular formula is C12H22. The Labute approximate surface area is 77.4 Å². The van der Waals surface area contributed by atoms with E-state index in [0.717, 1.165) is 6.42 Å². The van der Waals surface area contributed by atoms with Crippen molar-refractivity contribution in [1.29, 1.82) is 0 Å². The summed E-state index contributed by atoms with van der Waals surface area (Å²) < 4.78 is 0. The van der Waals surface area contributed by atoms with Gasteiger partial charge >= 0.3 is 0 Å².